The molecule has 0 unspecified atom stereocenters. The van der Waals surface area contributed by atoms with Crippen molar-refractivity contribution >= 4 is 11.6 Å². The van der Waals surface area contributed by atoms with E-state index in [0.29, 0.717) is 0 Å². The van der Waals surface area contributed by atoms with E-state index >= 15 is 0 Å². The Hall–Kier alpha value is -0.170. The van der Waals surface area contributed by atoms with E-state index in [9.17, 15) is 0 Å². The number of rotatable bonds is 5. The van der Waals surface area contributed by atoms with Crippen molar-refractivity contribution in [1.82, 2.24) is 0 Å². The third-order valence-corrected chi connectivity index (χ3v) is 1.40. The van der Waals surface area contributed by atoms with Gasteiger partial charge in [-0.05, 0) is 20.3 Å². The van der Waals surface area contributed by atoms with Crippen LogP contribution in [0.4, 0.5) is 0 Å². The summed E-state index contributed by atoms with van der Waals surface area (Å²) in [5.74, 6) is 1.62. The van der Waals surface area contributed by atoms with Gasteiger partial charge >= 0.3 is 0 Å². The molecule has 0 bridgehead atoms. The van der Waals surface area contributed by atoms with E-state index in [1.54, 1.807) is 0 Å². The van der Waals surface area contributed by atoms with Crippen LogP contribution in [0.15, 0.2) is 12.3 Å². The van der Waals surface area contributed by atoms with Crippen molar-refractivity contribution in [3.8, 4) is 0 Å². The molecular formula is C10H21ClO. The van der Waals surface area contributed by atoms with Gasteiger partial charge in [-0.1, -0.05) is 26.3 Å². The zero-order valence-corrected chi connectivity index (χ0v) is 9.28. The average molecular weight is 193 g/mol. The summed E-state index contributed by atoms with van der Waals surface area (Å²) in [6.45, 7) is 10.2. The maximum absolute atomic E-state index is 5.38. The number of hydrogen-bond acceptors (Lipinski definition) is 1. The first kappa shape index (κ1) is 14.4. The number of allylic oxidation sites excluding steroid dienone is 1. The van der Waals surface area contributed by atoms with Crippen LogP contribution in [0, 0.1) is 0 Å². The molecule has 0 aromatic carbocycles. The van der Waals surface area contributed by atoms with Crippen LogP contribution < -0.4 is 0 Å². The summed E-state index contributed by atoms with van der Waals surface area (Å²) >= 11 is 5.38. The van der Waals surface area contributed by atoms with Crippen LogP contribution in [-0.4, -0.2) is 12.5 Å². The van der Waals surface area contributed by atoms with E-state index in [1.807, 2.05) is 13.8 Å². The molecule has 0 saturated carbocycles. The summed E-state index contributed by atoms with van der Waals surface area (Å²) in [4.78, 5) is 0. The molecule has 0 aliphatic heterocycles. The smallest absolute Gasteiger partial charge is 0.0857 e. The number of alkyl halides is 1. The summed E-state index contributed by atoms with van der Waals surface area (Å²) in [5, 5.41) is 0. The Morgan fingerprint density at radius 3 is 2.00 bits per heavy atom. The minimum absolute atomic E-state index is 0.731. The van der Waals surface area contributed by atoms with Crippen LogP contribution in [0.2, 0.25) is 0 Å². The maximum atomic E-state index is 5.38. The molecule has 0 spiro atoms. The third kappa shape index (κ3) is 22.5. The van der Waals surface area contributed by atoms with E-state index in [2.05, 4.69) is 13.5 Å². The Bertz CT molecular complexity index is 87.8. The highest BCUT2D eigenvalue weighted by molar-refractivity contribution is 6.17. The number of unbranched alkanes of at least 4 members (excludes halogenated alkanes) is 2. The molecule has 0 heterocycles. The topological polar surface area (TPSA) is 9.23 Å². The molecule has 2 heteroatoms. The largest absolute Gasteiger partial charge is 0.499 e. The molecule has 0 aromatic heterocycles. The highest BCUT2D eigenvalue weighted by Gasteiger charge is 1.76. The highest BCUT2D eigenvalue weighted by atomic mass is 35.5. The average Bonchev–Trinajstić information content (AvgIpc) is 2.02. The molecule has 0 aliphatic rings. The molecule has 0 aliphatic carbocycles. The van der Waals surface area contributed by atoms with Crippen molar-refractivity contribution in [2.45, 2.75) is 40.0 Å². The van der Waals surface area contributed by atoms with Gasteiger partial charge in [0, 0.05) is 5.88 Å². The van der Waals surface area contributed by atoms with Crippen molar-refractivity contribution < 1.29 is 4.74 Å². The van der Waals surface area contributed by atoms with Crippen LogP contribution in [0.1, 0.15) is 40.0 Å². The summed E-state index contributed by atoms with van der Waals surface area (Å²) in [7, 11) is 0. The van der Waals surface area contributed by atoms with Gasteiger partial charge in [-0.2, -0.15) is 0 Å². The molecule has 0 N–H and O–H groups in total. The second-order valence-electron chi connectivity index (χ2n) is 2.53. The molecule has 0 aromatic rings. The van der Waals surface area contributed by atoms with Gasteiger partial charge in [-0.25, -0.2) is 0 Å². The van der Waals surface area contributed by atoms with Gasteiger partial charge in [0.05, 0.1) is 12.4 Å². The second-order valence-corrected chi connectivity index (χ2v) is 2.91. The van der Waals surface area contributed by atoms with E-state index in [4.69, 9.17) is 16.3 Å². The lowest BCUT2D eigenvalue weighted by atomic mass is 10.3. The molecule has 0 atom stereocenters. The summed E-state index contributed by atoms with van der Waals surface area (Å²) < 4.78 is 4.85. The van der Waals surface area contributed by atoms with Crippen LogP contribution >= 0.6 is 11.6 Å². The Morgan fingerprint density at radius 1 is 1.33 bits per heavy atom. The van der Waals surface area contributed by atoms with Gasteiger partial charge in [-0.3, -0.25) is 0 Å². The van der Waals surface area contributed by atoms with Crippen LogP contribution in [0.3, 0.4) is 0 Å². The summed E-state index contributed by atoms with van der Waals surface area (Å²) in [6.07, 6.45) is 3.73. The second kappa shape index (κ2) is 13.4. The first-order valence-corrected chi connectivity index (χ1v) is 5.06. The van der Waals surface area contributed by atoms with Gasteiger partial charge in [0.1, 0.15) is 0 Å². The molecule has 0 fully saturated rings. The zero-order chi connectivity index (χ0) is 9.82. The van der Waals surface area contributed by atoms with Gasteiger partial charge in [-0.15, -0.1) is 11.6 Å². The van der Waals surface area contributed by atoms with Crippen molar-refractivity contribution in [3.05, 3.63) is 12.3 Å². The SMILES string of the molecule is C=C(C)OCC.CCCCCCl. The Kier molecular flexibility index (Phi) is 16.1. The van der Waals surface area contributed by atoms with Crippen molar-refractivity contribution in [2.75, 3.05) is 12.5 Å². The van der Waals surface area contributed by atoms with Crippen molar-refractivity contribution in [2.24, 2.45) is 0 Å². The lowest BCUT2D eigenvalue weighted by Gasteiger charge is -1.95. The predicted molar refractivity (Wildman–Crippen MR) is 56.7 cm³/mol. The van der Waals surface area contributed by atoms with E-state index in [0.717, 1.165) is 18.2 Å². The number of ether oxygens (including phenoxy) is 1. The number of halogens is 1. The maximum Gasteiger partial charge on any atom is 0.0857 e. The summed E-state index contributed by atoms with van der Waals surface area (Å²) in [6, 6.07) is 0. The fraction of sp³-hybridized carbons (Fsp3) is 0.800. The molecule has 0 radical (unpaired) electrons. The lowest BCUT2D eigenvalue weighted by molar-refractivity contribution is 0.233. The molecular weight excluding hydrogens is 172 g/mol. The standard InChI is InChI=1S/C5H11Cl.C5H10O/c1-2-3-4-5-6;1-4-6-5(2)3/h2-5H2,1H3;2,4H2,1,3H3. The lowest BCUT2D eigenvalue weighted by Crippen LogP contribution is -1.81. The normalized spacial score (nSPS) is 8.33. The number of hydrogen-bond donors (Lipinski definition) is 0. The fourth-order valence-electron chi connectivity index (χ4n) is 0.591. The minimum atomic E-state index is 0.731. The first-order valence-electron chi connectivity index (χ1n) is 4.53. The van der Waals surface area contributed by atoms with Crippen molar-refractivity contribution in [1.29, 1.82) is 0 Å². The molecule has 0 saturated heterocycles. The molecule has 0 amide bonds. The van der Waals surface area contributed by atoms with E-state index in [1.165, 1.54) is 19.3 Å². The molecule has 0 rings (SSSR count). The predicted octanol–water partition coefficient (Wildman–Crippen LogP) is 3.97. The Balaban J connectivity index is 0. The highest BCUT2D eigenvalue weighted by Crippen LogP contribution is 1.93. The van der Waals surface area contributed by atoms with Gasteiger partial charge in [0.15, 0.2) is 0 Å². The van der Waals surface area contributed by atoms with E-state index in [-0.39, 0.29) is 0 Å². The quantitative estimate of drug-likeness (QED) is 0.364. The van der Waals surface area contributed by atoms with E-state index < -0.39 is 0 Å². The summed E-state index contributed by atoms with van der Waals surface area (Å²) in [5.41, 5.74) is 0. The third-order valence-electron chi connectivity index (χ3n) is 1.13. The van der Waals surface area contributed by atoms with Crippen molar-refractivity contribution in [3.63, 3.8) is 0 Å². The fourth-order valence-corrected chi connectivity index (χ4v) is 0.780. The molecule has 74 valence electrons. The van der Waals surface area contributed by atoms with Crippen LogP contribution in [0.25, 0.3) is 0 Å². The minimum Gasteiger partial charge on any atom is -0.499 e. The van der Waals surface area contributed by atoms with Gasteiger partial charge in [0.2, 0.25) is 0 Å². The molecule has 1 nitrogen and oxygen atoms in total. The Morgan fingerprint density at radius 2 is 1.92 bits per heavy atom. The van der Waals surface area contributed by atoms with Gasteiger partial charge < -0.3 is 4.74 Å². The zero-order valence-electron chi connectivity index (χ0n) is 8.53. The monoisotopic (exact) mass is 192 g/mol. The first-order chi connectivity index (χ1) is 5.68. The molecule has 12 heavy (non-hydrogen) atoms. The van der Waals surface area contributed by atoms with Crippen LogP contribution in [-0.2, 0) is 4.74 Å². The van der Waals surface area contributed by atoms with Crippen LogP contribution in [0.5, 0.6) is 0 Å². The van der Waals surface area contributed by atoms with Gasteiger partial charge in [0.25, 0.3) is 0 Å². The Labute approximate surface area is 81.8 Å².